The average molecular weight is 558 g/mol. The van der Waals surface area contributed by atoms with Crippen LogP contribution in [0.2, 0.25) is 0 Å². The van der Waals surface area contributed by atoms with Crippen LogP contribution < -0.4 is 18.9 Å². The fourth-order valence-corrected chi connectivity index (χ4v) is 5.38. The van der Waals surface area contributed by atoms with Crippen molar-refractivity contribution in [2.45, 2.75) is 46.8 Å². The third-order valence-electron chi connectivity index (χ3n) is 7.34. The number of aromatic nitrogens is 2. The largest absolute Gasteiger partial charge is 0.490 e. The quantitative estimate of drug-likeness (QED) is 0.202. The molecule has 0 aliphatic carbocycles. The van der Waals surface area contributed by atoms with E-state index in [9.17, 15) is 4.79 Å². The maximum Gasteiger partial charge on any atom is 0.254 e. The Morgan fingerprint density at radius 3 is 2.12 bits per heavy atom. The van der Waals surface area contributed by atoms with Gasteiger partial charge in [0.1, 0.15) is 18.2 Å². The van der Waals surface area contributed by atoms with E-state index in [0.29, 0.717) is 68.2 Å². The smallest absolute Gasteiger partial charge is 0.254 e. The van der Waals surface area contributed by atoms with Gasteiger partial charge in [0.15, 0.2) is 11.5 Å². The fraction of sp³-hybridized carbons (Fsp3) is 0.394. The summed E-state index contributed by atoms with van der Waals surface area (Å²) in [4.78, 5) is 20.4. The van der Waals surface area contributed by atoms with Gasteiger partial charge < -0.3 is 28.4 Å². The predicted octanol–water partition coefficient (Wildman–Crippen LogP) is 6.36. The molecule has 41 heavy (non-hydrogen) atoms. The lowest BCUT2D eigenvalue weighted by molar-refractivity contribution is 0.0681. The molecule has 1 aliphatic rings. The van der Waals surface area contributed by atoms with Crippen molar-refractivity contribution < 1.29 is 23.7 Å². The molecule has 1 amide bonds. The van der Waals surface area contributed by atoms with Crippen molar-refractivity contribution in [1.29, 1.82) is 0 Å². The number of fused-ring (bicyclic) bond motifs is 1. The molecule has 216 valence electrons. The topological polar surface area (TPSA) is 75.1 Å². The SMILES string of the molecule is CCOc1cc(C(=O)N2CCC(Cn3c(COc4ccccc4)nc4ccccc43)CC2)cc(OCC)c1OCC. The number of para-hydroxylation sites is 3. The molecule has 0 spiro atoms. The van der Waals surface area contributed by atoms with Crippen LogP contribution >= 0.6 is 0 Å². The van der Waals surface area contributed by atoms with Gasteiger partial charge in [0.25, 0.3) is 5.91 Å². The lowest BCUT2D eigenvalue weighted by Gasteiger charge is -2.33. The number of hydrogen-bond acceptors (Lipinski definition) is 6. The Labute approximate surface area is 241 Å². The summed E-state index contributed by atoms with van der Waals surface area (Å²) in [7, 11) is 0. The third kappa shape index (κ3) is 6.59. The summed E-state index contributed by atoms with van der Waals surface area (Å²) < 4.78 is 25.8. The van der Waals surface area contributed by atoms with Gasteiger partial charge in [-0.15, -0.1) is 0 Å². The summed E-state index contributed by atoms with van der Waals surface area (Å²) in [6, 6.07) is 21.6. The van der Waals surface area contributed by atoms with Crippen LogP contribution in [-0.2, 0) is 13.2 Å². The van der Waals surface area contributed by atoms with Gasteiger partial charge >= 0.3 is 0 Å². The molecule has 0 atom stereocenters. The van der Waals surface area contributed by atoms with Crippen molar-refractivity contribution in [1.82, 2.24) is 14.5 Å². The first kappa shape index (κ1) is 28.3. The zero-order chi connectivity index (χ0) is 28.6. The zero-order valence-electron chi connectivity index (χ0n) is 24.2. The van der Waals surface area contributed by atoms with Gasteiger partial charge in [0, 0.05) is 25.2 Å². The van der Waals surface area contributed by atoms with E-state index in [2.05, 4.69) is 10.6 Å². The van der Waals surface area contributed by atoms with E-state index >= 15 is 0 Å². The Bertz CT molecular complexity index is 1420. The summed E-state index contributed by atoms with van der Waals surface area (Å²) in [5.74, 6) is 3.77. The summed E-state index contributed by atoms with van der Waals surface area (Å²) in [5, 5.41) is 0. The van der Waals surface area contributed by atoms with Crippen molar-refractivity contribution in [3.63, 3.8) is 0 Å². The molecule has 8 heteroatoms. The minimum Gasteiger partial charge on any atom is -0.490 e. The minimum atomic E-state index is -0.0153. The van der Waals surface area contributed by atoms with Crippen molar-refractivity contribution in [2.24, 2.45) is 5.92 Å². The van der Waals surface area contributed by atoms with Crippen molar-refractivity contribution in [3.05, 3.63) is 78.1 Å². The Kier molecular flexibility index (Phi) is 9.29. The molecule has 1 aromatic heterocycles. The van der Waals surface area contributed by atoms with Crippen LogP contribution in [0.4, 0.5) is 0 Å². The highest BCUT2D eigenvalue weighted by molar-refractivity contribution is 5.95. The number of carbonyl (C=O) groups excluding carboxylic acids is 1. The molecule has 0 radical (unpaired) electrons. The molecule has 1 aliphatic heterocycles. The molecule has 0 bridgehead atoms. The molecule has 0 saturated carbocycles. The molecule has 8 nitrogen and oxygen atoms in total. The van der Waals surface area contributed by atoms with Crippen LogP contribution in [0.3, 0.4) is 0 Å². The number of nitrogens with zero attached hydrogens (tertiary/aromatic N) is 3. The molecular weight excluding hydrogens is 518 g/mol. The fourth-order valence-electron chi connectivity index (χ4n) is 5.38. The van der Waals surface area contributed by atoms with E-state index in [0.717, 1.165) is 42.0 Å². The second-order valence-corrected chi connectivity index (χ2v) is 10.1. The van der Waals surface area contributed by atoms with Crippen LogP contribution in [0.1, 0.15) is 49.8 Å². The van der Waals surface area contributed by atoms with Gasteiger partial charge in [0.05, 0.1) is 30.9 Å². The number of imidazole rings is 1. The van der Waals surface area contributed by atoms with Gasteiger partial charge in [-0.2, -0.15) is 0 Å². The summed E-state index contributed by atoms with van der Waals surface area (Å²) >= 11 is 0. The Hall–Kier alpha value is -4.20. The van der Waals surface area contributed by atoms with Crippen molar-refractivity contribution in [2.75, 3.05) is 32.9 Å². The highest BCUT2D eigenvalue weighted by Gasteiger charge is 2.27. The lowest BCUT2D eigenvalue weighted by atomic mass is 9.96. The minimum absolute atomic E-state index is 0.0153. The van der Waals surface area contributed by atoms with Crippen LogP contribution in [0.5, 0.6) is 23.0 Å². The Morgan fingerprint density at radius 2 is 1.46 bits per heavy atom. The zero-order valence-corrected chi connectivity index (χ0v) is 24.2. The molecule has 0 unspecified atom stereocenters. The molecule has 2 heterocycles. The van der Waals surface area contributed by atoms with E-state index in [4.69, 9.17) is 23.9 Å². The van der Waals surface area contributed by atoms with E-state index in [1.54, 1.807) is 12.1 Å². The summed E-state index contributed by atoms with van der Waals surface area (Å²) in [6.07, 6.45) is 1.82. The number of piperidine rings is 1. The van der Waals surface area contributed by atoms with Gasteiger partial charge in [-0.1, -0.05) is 30.3 Å². The Morgan fingerprint density at radius 1 is 0.829 bits per heavy atom. The monoisotopic (exact) mass is 557 g/mol. The van der Waals surface area contributed by atoms with Crippen molar-refractivity contribution in [3.8, 4) is 23.0 Å². The molecule has 3 aromatic carbocycles. The third-order valence-corrected chi connectivity index (χ3v) is 7.34. The average Bonchev–Trinajstić information content (AvgIpc) is 3.35. The van der Waals surface area contributed by atoms with Gasteiger partial charge in [-0.05, 0) is 75.9 Å². The maximum absolute atomic E-state index is 13.6. The van der Waals surface area contributed by atoms with Crippen LogP contribution in [0.15, 0.2) is 66.7 Å². The first-order valence-corrected chi connectivity index (χ1v) is 14.6. The van der Waals surface area contributed by atoms with E-state index in [1.165, 1.54) is 0 Å². The van der Waals surface area contributed by atoms with E-state index in [1.807, 2.05) is 74.2 Å². The van der Waals surface area contributed by atoms with Gasteiger partial charge in [0.2, 0.25) is 5.75 Å². The van der Waals surface area contributed by atoms with Crippen LogP contribution in [0, 0.1) is 5.92 Å². The number of rotatable bonds is 12. The number of likely N-dealkylation sites (tertiary alicyclic amines) is 1. The number of hydrogen-bond donors (Lipinski definition) is 0. The molecule has 5 rings (SSSR count). The highest BCUT2D eigenvalue weighted by atomic mass is 16.5. The molecule has 1 fully saturated rings. The number of amides is 1. The first-order chi connectivity index (χ1) is 20.1. The second kappa shape index (κ2) is 13.4. The molecule has 4 aromatic rings. The second-order valence-electron chi connectivity index (χ2n) is 10.1. The van der Waals surface area contributed by atoms with Crippen LogP contribution in [0.25, 0.3) is 11.0 Å². The lowest BCUT2D eigenvalue weighted by Crippen LogP contribution is -2.39. The van der Waals surface area contributed by atoms with E-state index in [-0.39, 0.29) is 5.91 Å². The first-order valence-electron chi connectivity index (χ1n) is 14.6. The molecule has 1 saturated heterocycles. The van der Waals surface area contributed by atoms with Gasteiger partial charge in [-0.25, -0.2) is 4.98 Å². The number of ether oxygens (including phenoxy) is 4. The molecular formula is C33H39N3O5. The number of benzene rings is 3. The summed E-state index contributed by atoms with van der Waals surface area (Å²) in [5.41, 5.74) is 2.64. The predicted molar refractivity (Wildman–Crippen MR) is 159 cm³/mol. The maximum atomic E-state index is 13.6. The molecule has 0 N–H and O–H groups in total. The van der Waals surface area contributed by atoms with Crippen molar-refractivity contribution >= 4 is 16.9 Å². The summed E-state index contributed by atoms with van der Waals surface area (Å²) in [6.45, 7) is 9.77. The van der Waals surface area contributed by atoms with Crippen LogP contribution in [-0.4, -0.2) is 53.3 Å². The standard InChI is InChI=1S/C33H39N3O5/c1-4-38-29-20-25(21-30(39-5-2)32(29)40-6-3)33(37)35-18-16-24(17-19-35)22-36-28-15-11-10-14-27(28)34-31(36)23-41-26-12-8-7-9-13-26/h7-15,20-21,24H,4-6,16-19,22-23H2,1-3H3. The Balaban J connectivity index is 1.28. The van der Waals surface area contributed by atoms with E-state index < -0.39 is 0 Å². The number of carbonyl (C=O) groups is 1. The normalized spacial score (nSPS) is 13.8. The van der Waals surface area contributed by atoms with Gasteiger partial charge in [-0.3, -0.25) is 4.79 Å². The highest BCUT2D eigenvalue weighted by Crippen LogP contribution is 2.39.